The molecule has 158 valence electrons. The monoisotopic (exact) mass is 542 g/mol. The summed E-state index contributed by atoms with van der Waals surface area (Å²) in [7, 11) is -1.24. The van der Waals surface area contributed by atoms with Crippen LogP contribution in [0.25, 0.3) is 0 Å². The van der Waals surface area contributed by atoms with Gasteiger partial charge in [-0.1, -0.05) is 23.7 Å². The van der Waals surface area contributed by atoms with Crippen molar-refractivity contribution >= 4 is 57.3 Å². The molecule has 1 aromatic carbocycles. The van der Waals surface area contributed by atoms with Gasteiger partial charge in [0.1, 0.15) is 9.84 Å². The van der Waals surface area contributed by atoms with E-state index in [4.69, 9.17) is 11.6 Å². The van der Waals surface area contributed by atoms with Crippen LogP contribution in [0.1, 0.15) is 12.0 Å². The quantitative estimate of drug-likeness (QED) is 0.256. The molecule has 1 aliphatic rings. The summed E-state index contributed by atoms with van der Waals surface area (Å²) in [5, 5.41) is 3.83. The molecule has 0 unspecified atom stereocenters. The number of rotatable bonds is 6. The number of hydrogen-bond donors (Lipinski definition) is 1. The number of carbonyl (C=O) groups excluding carboxylic acids is 1. The smallest absolute Gasteiger partial charge is 0.227 e. The maximum Gasteiger partial charge on any atom is 0.227 e. The minimum Gasteiger partial charge on any atom is -0.356 e. The highest BCUT2D eigenvalue weighted by Crippen LogP contribution is 2.13. The molecule has 0 aliphatic carbocycles. The van der Waals surface area contributed by atoms with Crippen molar-refractivity contribution in [3.05, 3.63) is 34.9 Å². The highest BCUT2D eigenvalue weighted by Gasteiger charge is 2.23. The summed E-state index contributed by atoms with van der Waals surface area (Å²) in [6.07, 6.45) is 2.12. The standard InChI is InChI=1S/C18H27ClN4O3S.HI/c1-20-18(21-7-4-12-27(2,25)26)23-10-8-22(9-11-23)17(24)14-15-5-3-6-16(19)13-15;/h3,5-6,13H,4,7-12,14H2,1-2H3,(H,20,21);1H. The zero-order chi connectivity index (χ0) is 19.9. The van der Waals surface area contributed by atoms with Crippen molar-refractivity contribution in [2.24, 2.45) is 4.99 Å². The number of carbonyl (C=O) groups is 1. The Kier molecular flexibility index (Phi) is 10.5. The Morgan fingerprint density at radius 1 is 1.21 bits per heavy atom. The number of halogens is 2. The van der Waals surface area contributed by atoms with E-state index in [0.29, 0.717) is 50.6 Å². The summed E-state index contributed by atoms with van der Waals surface area (Å²) in [6, 6.07) is 7.37. The number of amides is 1. The highest BCUT2D eigenvalue weighted by atomic mass is 127. The van der Waals surface area contributed by atoms with E-state index in [0.717, 1.165) is 11.5 Å². The summed E-state index contributed by atoms with van der Waals surface area (Å²) in [5.41, 5.74) is 0.915. The molecule has 28 heavy (non-hydrogen) atoms. The Labute approximate surface area is 189 Å². The lowest BCUT2D eigenvalue weighted by molar-refractivity contribution is -0.131. The van der Waals surface area contributed by atoms with Gasteiger partial charge >= 0.3 is 0 Å². The lowest BCUT2D eigenvalue weighted by Gasteiger charge is -2.36. The predicted octanol–water partition coefficient (Wildman–Crippen LogP) is 1.65. The van der Waals surface area contributed by atoms with Crippen LogP contribution in [0.4, 0.5) is 0 Å². The van der Waals surface area contributed by atoms with Gasteiger partial charge in [0.15, 0.2) is 5.96 Å². The molecule has 0 atom stereocenters. The third-order valence-corrected chi connectivity index (χ3v) is 5.63. The zero-order valence-electron chi connectivity index (χ0n) is 16.2. The van der Waals surface area contributed by atoms with Gasteiger partial charge in [0, 0.05) is 51.0 Å². The molecule has 1 fully saturated rings. The molecule has 1 aliphatic heterocycles. The fourth-order valence-corrected chi connectivity index (χ4v) is 3.85. The third kappa shape index (κ3) is 8.52. The van der Waals surface area contributed by atoms with Crippen LogP contribution in [-0.2, 0) is 21.1 Å². The first-order valence-electron chi connectivity index (χ1n) is 8.94. The minimum atomic E-state index is -2.94. The number of hydrogen-bond acceptors (Lipinski definition) is 4. The van der Waals surface area contributed by atoms with E-state index >= 15 is 0 Å². The van der Waals surface area contributed by atoms with Crippen molar-refractivity contribution in [1.29, 1.82) is 0 Å². The van der Waals surface area contributed by atoms with Gasteiger partial charge in [0.25, 0.3) is 0 Å². The summed E-state index contributed by atoms with van der Waals surface area (Å²) >= 11 is 5.98. The van der Waals surface area contributed by atoms with Crippen molar-refractivity contribution < 1.29 is 13.2 Å². The zero-order valence-corrected chi connectivity index (χ0v) is 20.1. The van der Waals surface area contributed by atoms with E-state index < -0.39 is 9.84 Å². The number of nitrogens with one attached hydrogen (secondary N) is 1. The van der Waals surface area contributed by atoms with Crippen molar-refractivity contribution in [1.82, 2.24) is 15.1 Å². The number of nitrogens with zero attached hydrogens (tertiary/aromatic N) is 3. The Morgan fingerprint density at radius 3 is 2.43 bits per heavy atom. The van der Waals surface area contributed by atoms with Gasteiger partial charge in [-0.2, -0.15) is 0 Å². The van der Waals surface area contributed by atoms with E-state index in [2.05, 4.69) is 15.2 Å². The van der Waals surface area contributed by atoms with Gasteiger partial charge in [0.2, 0.25) is 5.91 Å². The molecule has 1 saturated heterocycles. The minimum absolute atomic E-state index is 0. The Bertz CT molecular complexity index is 781. The average molecular weight is 543 g/mol. The predicted molar refractivity (Wildman–Crippen MR) is 124 cm³/mol. The Balaban J connectivity index is 0.00000392. The molecule has 1 amide bonds. The molecule has 10 heteroatoms. The lowest BCUT2D eigenvalue weighted by Crippen LogP contribution is -2.54. The van der Waals surface area contributed by atoms with Crippen LogP contribution < -0.4 is 5.32 Å². The topological polar surface area (TPSA) is 82.1 Å². The normalized spacial score (nSPS) is 15.2. The Morgan fingerprint density at radius 2 is 1.86 bits per heavy atom. The van der Waals surface area contributed by atoms with Crippen LogP contribution >= 0.6 is 35.6 Å². The lowest BCUT2D eigenvalue weighted by atomic mass is 10.1. The second-order valence-electron chi connectivity index (χ2n) is 6.63. The average Bonchev–Trinajstić information content (AvgIpc) is 2.61. The fraction of sp³-hybridized carbons (Fsp3) is 0.556. The molecule has 0 radical (unpaired) electrons. The van der Waals surface area contributed by atoms with Gasteiger partial charge in [0.05, 0.1) is 12.2 Å². The number of benzene rings is 1. The second-order valence-corrected chi connectivity index (χ2v) is 9.33. The summed E-state index contributed by atoms with van der Waals surface area (Å²) in [6.45, 7) is 3.18. The maximum atomic E-state index is 12.5. The summed E-state index contributed by atoms with van der Waals surface area (Å²) in [5.74, 6) is 0.987. The largest absolute Gasteiger partial charge is 0.356 e. The van der Waals surface area contributed by atoms with Gasteiger partial charge < -0.3 is 15.1 Å². The third-order valence-electron chi connectivity index (χ3n) is 4.36. The van der Waals surface area contributed by atoms with Crippen molar-refractivity contribution in [2.45, 2.75) is 12.8 Å². The van der Waals surface area contributed by atoms with Crippen LogP contribution in [0.2, 0.25) is 5.02 Å². The number of aliphatic imine (C=N–C) groups is 1. The summed E-state index contributed by atoms with van der Waals surface area (Å²) in [4.78, 5) is 20.7. The SMILES string of the molecule is CN=C(NCCCS(C)(=O)=O)N1CCN(C(=O)Cc2cccc(Cl)c2)CC1.I. The van der Waals surface area contributed by atoms with Crippen molar-refractivity contribution in [3.8, 4) is 0 Å². The van der Waals surface area contributed by atoms with E-state index in [1.54, 1.807) is 13.1 Å². The first-order valence-corrected chi connectivity index (χ1v) is 11.4. The van der Waals surface area contributed by atoms with Crippen LogP contribution in [0.5, 0.6) is 0 Å². The molecule has 0 bridgehead atoms. The summed E-state index contributed by atoms with van der Waals surface area (Å²) < 4.78 is 22.4. The van der Waals surface area contributed by atoms with Crippen LogP contribution in [0.3, 0.4) is 0 Å². The molecule has 2 rings (SSSR count). The number of piperazine rings is 1. The van der Waals surface area contributed by atoms with Crippen LogP contribution in [0.15, 0.2) is 29.3 Å². The molecule has 1 heterocycles. The Hall–Kier alpha value is -1.07. The van der Waals surface area contributed by atoms with E-state index in [1.807, 2.05) is 23.1 Å². The fourth-order valence-electron chi connectivity index (χ4n) is 2.97. The highest BCUT2D eigenvalue weighted by molar-refractivity contribution is 14.0. The molecule has 0 saturated carbocycles. The molecule has 0 spiro atoms. The number of sulfone groups is 1. The molecular weight excluding hydrogens is 515 g/mol. The van der Waals surface area contributed by atoms with Gasteiger partial charge in [-0.05, 0) is 24.1 Å². The van der Waals surface area contributed by atoms with Crippen molar-refractivity contribution in [3.63, 3.8) is 0 Å². The van der Waals surface area contributed by atoms with Crippen molar-refractivity contribution in [2.75, 3.05) is 51.8 Å². The first-order chi connectivity index (χ1) is 12.8. The molecule has 1 aromatic rings. The van der Waals surface area contributed by atoms with Gasteiger partial charge in [-0.3, -0.25) is 9.79 Å². The molecular formula is C18H28ClIN4O3S. The first kappa shape index (κ1) is 25.0. The molecule has 7 nitrogen and oxygen atoms in total. The van der Waals surface area contributed by atoms with Gasteiger partial charge in [-0.15, -0.1) is 24.0 Å². The van der Waals surface area contributed by atoms with Crippen LogP contribution in [-0.4, -0.2) is 81.9 Å². The van der Waals surface area contributed by atoms with E-state index in [1.165, 1.54) is 6.26 Å². The second kappa shape index (κ2) is 11.8. The van der Waals surface area contributed by atoms with Gasteiger partial charge in [-0.25, -0.2) is 8.42 Å². The molecule has 0 aromatic heterocycles. The van der Waals surface area contributed by atoms with E-state index in [9.17, 15) is 13.2 Å². The van der Waals surface area contributed by atoms with Crippen LogP contribution in [0, 0.1) is 0 Å². The maximum absolute atomic E-state index is 12.5. The molecule has 1 N–H and O–H groups in total. The number of guanidine groups is 1. The van der Waals surface area contributed by atoms with E-state index in [-0.39, 0.29) is 35.6 Å².